The van der Waals surface area contributed by atoms with Crippen molar-refractivity contribution >= 4 is 39.5 Å². The Morgan fingerprint density at radius 2 is 2.00 bits per heavy atom. The number of carbonyl (C=O) groups is 2. The van der Waals surface area contributed by atoms with E-state index >= 15 is 0 Å². The molecule has 1 N–H and O–H groups in total. The van der Waals surface area contributed by atoms with Crippen LogP contribution in [0.25, 0.3) is 0 Å². The van der Waals surface area contributed by atoms with Crippen molar-refractivity contribution < 1.29 is 9.59 Å². The largest absolute Gasteiger partial charge is 0.352 e. The zero-order valence-electron chi connectivity index (χ0n) is 14.5. The van der Waals surface area contributed by atoms with Crippen LogP contribution in [-0.2, 0) is 15.3 Å². The Balaban J connectivity index is 1.65. The lowest BCUT2D eigenvalue weighted by molar-refractivity contribution is -0.141. The first-order chi connectivity index (χ1) is 13.1. The predicted octanol–water partition coefficient (Wildman–Crippen LogP) is 3.25. The number of benzene rings is 2. The summed E-state index contributed by atoms with van der Waals surface area (Å²) in [6.45, 7) is 0.958. The molecule has 1 saturated heterocycles. The number of amides is 2. The van der Waals surface area contributed by atoms with E-state index in [1.807, 2.05) is 36.4 Å². The predicted molar refractivity (Wildman–Crippen MR) is 109 cm³/mol. The summed E-state index contributed by atoms with van der Waals surface area (Å²) >= 11 is 4.99. The average Bonchev–Trinajstić information content (AvgIpc) is 2.69. The van der Waals surface area contributed by atoms with Crippen molar-refractivity contribution in [3.8, 4) is 6.07 Å². The van der Waals surface area contributed by atoms with Gasteiger partial charge in [0.05, 0.1) is 17.4 Å². The highest BCUT2D eigenvalue weighted by molar-refractivity contribution is 9.10. The molecule has 1 heterocycles. The van der Waals surface area contributed by atoms with Gasteiger partial charge in [-0.15, -0.1) is 11.8 Å². The minimum Gasteiger partial charge on any atom is -0.352 e. The fraction of sp³-hybridized carbons (Fsp3) is 0.250. The molecule has 138 valence electrons. The SMILES string of the molecule is N#Cc1ccc(CSCC(=O)N2CCNC(=O)[C@H]2c2ccccc2Br)cc1. The van der Waals surface area contributed by atoms with E-state index < -0.39 is 6.04 Å². The standard InChI is InChI=1S/C20H18BrN3O2S/c21-17-4-2-1-3-16(17)19-20(26)23-9-10-24(19)18(25)13-27-12-15-7-5-14(11-22)6-8-15/h1-8,19H,9-10,12-13H2,(H,23,26)/t19-/m1/s1. The monoisotopic (exact) mass is 443 g/mol. The molecule has 0 spiro atoms. The van der Waals surface area contributed by atoms with Crippen molar-refractivity contribution in [3.63, 3.8) is 0 Å². The van der Waals surface area contributed by atoms with E-state index in [4.69, 9.17) is 5.26 Å². The summed E-state index contributed by atoms with van der Waals surface area (Å²) in [5, 5.41) is 11.7. The summed E-state index contributed by atoms with van der Waals surface area (Å²) < 4.78 is 0.815. The van der Waals surface area contributed by atoms with E-state index in [1.165, 1.54) is 11.8 Å². The summed E-state index contributed by atoms with van der Waals surface area (Å²) in [7, 11) is 0. The number of piperazine rings is 1. The van der Waals surface area contributed by atoms with Gasteiger partial charge in [0.2, 0.25) is 11.8 Å². The molecule has 5 nitrogen and oxygen atoms in total. The minimum absolute atomic E-state index is 0.0516. The fourth-order valence-electron chi connectivity index (χ4n) is 2.96. The van der Waals surface area contributed by atoms with Crippen molar-refractivity contribution in [1.82, 2.24) is 10.2 Å². The van der Waals surface area contributed by atoms with Crippen molar-refractivity contribution in [2.45, 2.75) is 11.8 Å². The number of thioether (sulfide) groups is 1. The van der Waals surface area contributed by atoms with Gasteiger partial charge in [0.1, 0.15) is 6.04 Å². The van der Waals surface area contributed by atoms with Gasteiger partial charge in [-0.05, 0) is 29.3 Å². The van der Waals surface area contributed by atoms with Gasteiger partial charge < -0.3 is 10.2 Å². The van der Waals surface area contributed by atoms with Crippen molar-refractivity contribution in [1.29, 1.82) is 5.26 Å². The number of nitriles is 1. The second-order valence-electron chi connectivity index (χ2n) is 6.10. The van der Waals surface area contributed by atoms with Crippen LogP contribution in [0, 0.1) is 11.3 Å². The zero-order chi connectivity index (χ0) is 19.2. The van der Waals surface area contributed by atoms with E-state index in [2.05, 4.69) is 27.3 Å². The van der Waals surface area contributed by atoms with Gasteiger partial charge in [0.25, 0.3) is 0 Å². The van der Waals surface area contributed by atoms with Crippen LogP contribution in [0.4, 0.5) is 0 Å². The van der Waals surface area contributed by atoms with Crippen molar-refractivity contribution in [2.24, 2.45) is 0 Å². The highest BCUT2D eigenvalue weighted by Crippen LogP contribution is 2.30. The molecule has 0 radical (unpaired) electrons. The van der Waals surface area contributed by atoms with E-state index in [1.54, 1.807) is 17.0 Å². The number of hydrogen-bond acceptors (Lipinski definition) is 4. The third-order valence-electron chi connectivity index (χ3n) is 4.31. The van der Waals surface area contributed by atoms with E-state index in [0.29, 0.717) is 30.2 Å². The Morgan fingerprint density at radius 1 is 1.26 bits per heavy atom. The maximum Gasteiger partial charge on any atom is 0.247 e. The summed E-state index contributed by atoms with van der Waals surface area (Å²) in [6, 6.07) is 16.3. The van der Waals surface area contributed by atoms with Crippen molar-refractivity contribution in [2.75, 3.05) is 18.8 Å². The molecule has 0 unspecified atom stereocenters. The lowest BCUT2D eigenvalue weighted by Gasteiger charge is -2.35. The second kappa shape index (κ2) is 9.07. The first-order valence-corrected chi connectivity index (χ1v) is 10.4. The van der Waals surface area contributed by atoms with Gasteiger partial charge in [-0.2, -0.15) is 5.26 Å². The molecule has 7 heteroatoms. The first kappa shape index (κ1) is 19.5. The molecule has 0 saturated carbocycles. The maximum absolute atomic E-state index is 12.8. The first-order valence-electron chi connectivity index (χ1n) is 8.48. The molecule has 27 heavy (non-hydrogen) atoms. The summed E-state index contributed by atoms with van der Waals surface area (Å²) in [5.74, 6) is 0.772. The van der Waals surface area contributed by atoms with E-state index in [9.17, 15) is 9.59 Å². The molecule has 3 rings (SSSR count). The second-order valence-corrected chi connectivity index (χ2v) is 7.94. The minimum atomic E-state index is -0.614. The molecular weight excluding hydrogens is 426 g/mol. The van der Waals surface area contributed by atoms with Gasteiger partial charge >= 0.3 is 0 Å². The smallest absolute Gasteiger partial charge is 0.247 e. The van der Waals surface area contributed by atoms with Crippen LogP contribution in [-0.4, -0.2) is 35.6 Å². The molecule has 1 aliphatic rings. The van der Waals surface area contributed by atoms with Gasteiger partial charge in [0, 0.05) is 23.3 Å². The molecule has 1 atom stereocenters. The molecule has 2 amide bonds. The molecule has 0 bridgehead atoms. The third-order valence-corrected chi connectivity index (χ3v) is 6.02. The Hall–Kier alpha value is -2.30. The zero-order valence-corrected chi connectivity index (χ0v) is 16.9. The van der Waals surface area contributed by atoms with Crippen LogP contribution < -0.4 is 5.32 Å². The number of halogens is 1. The van der Waals surface area contributed by atoms with Gasteiger partial charge in [-0.1, -0.05) is 46.3 Å². The fourth-order valence-corrected chi connectivity index (χ4v) is 4.33. The molecular formula is C20H18BrN3O2S. The number of nitrogens with one attached hydrogen (secondary N) is 1. The van der Waals surface area contributed by atoms with E-state index in [0.717, 1.165) is 15.6 Å². The molecule has 0 aliphatic carbocycles. The number of rotatable bonds is 5. The third kappa shape index (κ3) is 4.71. The van der Waals surface area contributed by atoms with Crippen LogP contribution in [0.1, 0.15) is 22.7 Å². The summed E-state index contributed by atoms with van der Waals surface area (Å²) in [6.07, 6.45) is 0. The lowest BCUT2D eigenvalue weighted by atomic mass is 10.0. The molecule has 0 aromatic heterocycles. The van der Waals surface area contributed by atoms with Crippen molar-refractivity contribution in [3.05, 3.63) is 69.7 Å². The number of nitrogens with zero attached hydrogens (tertiary/aromatic N) is 2. The summed E-state index contributed by atoms with van der Waals surface area (Å²) in [4.78, 5) is 26.9. The molecule has 1 fully saturated rings. The Labute approximate surface area is 170 Å². The molecule has 2 aromatic rings. The lowest BCUT2D eigenvalue weighted by Crippen LogP contribution is -2.52. The maximum atomic E-state index is 12.8. The topological polar surface area (TPSA) is 73.2 Å². The number of hydrogen-bond donors (Lipinski definition) is 1. The average molecular weight is 444 g/mol. The highest BCUT2D eigenvalue weighted by atomic mass is 79.9. The van der Waals surface area contributed by atoms with Gasteiger partial charge in [-0.3, -0.25) is 9.59 Å². The normalized spacial score (nSPS) is 16.5. The van der Waals surface area contributed by atoms with Gasteiger partial charge in [-0.25, -0.2) is 0 Å². The van der Waals surface area contributed by atoms with Crippen LogP contribution in [0.2, 0.25) is 0 Å². The van der Waals surface area contributed by atoms with Gasteiger partial charge in [0.15, 0.2) is 0 Å². The molecule has 1 aliphatic heterocycles. The summed E-state index contributed by atoms with van der Waals surface area (Å²) in [5.41, 5.74) is 2.47. The van der Waals surface area contributed by atoms with E-state index in [-0.39, 0.29) is 11.8 Å². The van der Waals surface area contributed by atoms with Crippen LogP contribution in [0.5, 0.6) is 0 Å². The van der Waals surface area contributed by atoms with Crippen LogP contribution >= 0.6 is 27.7 Å². The Bertz CT molecular complexity index is 880. The Kier molecular flexibility index (Phi) is 6.54. The number of carbonyl (C=O) groups excluding carboxylic acids is 2. The van der Waals surface area contributed by atoms with Crippen LogP contribution in [0.3, 0.4) is 0 Å². The highest BCUT2D eigenvalue weighted by Gasteiger charge is 2.35. The quantitative estimate of drug-likeness (QED) is 0.769. The molecule has 2 aromatic carbocycles. The Morgan fingerprint density at radius 3 is 2.70 bits per heavy atom. The van der Waals surface area contributed by atoms with Crippen LogP contribution in [0.15, 0.2) is 53.0 Å².